The van der Waals surface area contributed by atoms with Crippen LogP contribution in [0.5, 0.6) is 0 Å². The van der Waals surface area contributed by atoms with Gasteiger partial charge in [0.25, 0.3) is 0 Å². The first kappa shape index (κ1) is 13.8. The Hall–Kier alpha value is -2.24. The molecule has 0 atom stereocenters. The van der Waals surface area contributed by atoms with E-state index in [9.17, 15) is 4.79 Å². The lowest BCUT2D eigenvalue weighted by molar-refractivity contribution is 0.245. The van der Waals surface area contributed by atoms with Gasteiger partial charge in [-0.15, -0.1) is 0 Å². The Morgan fingerprint density at radius 3 is 2.72 bits per heavy atom. The number of urea groups is 1. The van der Waals surface area contributed by atoms with Crippen LogP contribution in [0.4, 0.5) is 10.5 Å². The average molecular weight is 250 g/mol. The van der Waals surface area contributed by atoms with Crippen LogP contribution in [-0.2, 0) is 0 Å². The summed E-state index contributed by atoms with van der Waals surface area (Å²) in [6.45, 7) is 3.77. The fraction of sp³-hybridized carbons (Fsp3) is 0.333. The van der Waals surface area contributed by atoms with Gasteiger partial charge in [0, 0.05) is 24.3 Å². The SMILES string of the molecule is CC(C)NC(=O)N(C)c1cccc(C(N)=NO)c1. The molecule has 0 aliphatic carbocycles. The van der Waals surface area contributed by atoms with Gasteiger partial charge in [-0.05, 0) is 26.0 Å². The number of nitrogens with zero attached hydrogens (tertiary/aromatic N) is 2. The Labute approximate surface area is 106 Å². The number of carbonyl (C=O) groups is 1. The minimum atomic E-state index is -0.207. The Balaban J connectivity index is 2.93. The first-order valence-electron chi connectivity index (χ1n) is 5.58. The number of hydrogen-bond donors (Lipinski definition) is 3. The summed E-state index contributed by atoms with van der Waals surface area (Å²) >= 11 is 0. The quantitative estimate of drug-likeness (QED) is 0.327. The molecule has 1 aromatic carbocycles. The second kappa shape index (κ2) is 5.90. The standard InChI is InChI=1S/C12H18N4O2/c1-8(2)14-12(17)16(3)10-6-4-5-9(7-10)11(13)15-18/h4-8,18H,1-3H3,(H2,13,15)(H,14,17). The summed E-state index contributed by atoms with van der Waals surface area (Å²) in [5.74, 6) is 0.00881. The number of carbonyl (C=O) groups excluding carboxylic acids is 1. The first-order valence-corrected chi connectivity index (χ1v) is 5.58. The van der Waals surface area contributed by atoms with Gasteiger partial charge in [-0.2, -0.15) is 0 Å². The van der Waals surface area contributed by atoms with Crippen LogP contribution in [0, 0.1) is 0 Å². The number of anilines is 1. The molecule has 0 aliphatic heterocycles. The van der Waals surface area contributed by atoms with Crippen molar-refractivity contribution in [2.45, 2.75) is 19.9 Å². The van der Waals surface area contributed by atoms with Crippen molar-refractivity contribution in [1.29, 1.82) is 0 Å². The molecule has 1 aromatic rings. The normalized spacial score (nSPS) is 11.4. The summed E-state index contributed by atoms with van der Waals surface area (Å²) in [6.07, 6.45) is 0. The average Bonchev–Trinajstić information content (AvgIpc) is 2.36. The molecule has 6 nitrogen and oxygen atoms in total. The van der Waals surface area contributed by atoms with Crippen LogP contribution in [0.2, 0.25) is 0 Å². The summed E-state index contributed by atoms with van der Waals surface area (Å²) in [5.41, 5.74) is 6.72. The summed E-state index contributed by atoms with van der Waals surface area (Å²) in [5, 5.41) is 14.3. The predicted octanol–water partition coefficient (Wildman–Crippen LogP) is 1.34. The molecule has 0 aromatic heterocycles. The predicted molar refractivity (Wildman–Crippen MR) is 71.0 cm³/mol. The van der Waals surface area contributed by atoms with Gasteiger partial charge in [-0.25, -0.2) is 4.79 Å². The van der Waals surface area contributed by atoms with Crippen molar-refractivity contribution < 1.29 is 10.0 Å². The van der Waals surface area contributed by atoms with Crippen LogP contribution in [0.3, 0.4) is 0 Å². The van der Waals surface area contributed by atoms with Gasteiger partial charge in [0.2, 0.25) is 0 Å². The molecule has 0 aliphatic rings. The fourth-order valence-electron chi connectivity index (χ4n) is 1.39. The molecule has 0 bridgehead atoms. The molecule has 1 rings (SSSR count). The second-order valence-corrected chi connectivity index (χ2v) is 4.20. The van der Waals surface area contributed by atoms with Crippen molar-refractivity contribution >= 4 is 17.6 Å². The van der Waals surface area contributed by atoms with Gasteiger partial charge in [0.15, 0.2) is 5.84 Å². The zero-order valence-electron chi connectivity index (χ0n) is 10.7. The van der Waals surface area contributed by atoms with Crippen LogP contribution >= 0.6 is 0 Å². The lowest BCUT2D eigenvalue weighted by Crippen LogP contribution is -2.40. The number of rotatable bonds is 3. The molecule has 0 spiro atoms. The van der Waals surface area contributed by atoms with Crippen molar-refractivity contribution in [2.24, 2.45) is 10.9 Å². The summed E-state index contributed by atoms with van der Waals surface area (Å²) in [4.78, 5) is 13.3. The number of nitrogens with one attached hydrogen (secondary N) is 1. The highest BCUT2D eigenvalue weighted by Gasteiger charge is 2.12. The molecule has 0 fully saturated rings. The Bertz CT molecular complexity index is 457. The zero-order chi connectivity index (χ0) is 13.7. The molecule has 2 amide bonds. The number of amidine groups is 1. The summed E-state index contributed by atoms with van der Waals surface area (Å²) in [6, 6.07) is 6.74. The van der Waals surface area contributed by atoms with E-state index < -0.39 is 0 Å². The molecule has 0 radical (unpaired) electrons. The van der Waals surface area contributed by atoms with Crippen LogP contribution in [0.25, 0.3) is 0 Å². The molecule has 18 heavy (non-hydrogen) atoms. The number of benzene rings is 1. The van der Waals surface area contributed by atoms with Crippen molar-refractivity contribution in [3.8, 4) is 0 Å². The van der Waals surface area contributed by atoms with E-state index in [-0.39, 0.29) is 17.9 Å². The smallest absolute Gasteiger partial charge is 0.321 e. The maximum atomic E-state index is 11.8. The third-order valence-corrected chi connectivity index (χ3v) is 2.35. The highest BCUT2D eigenvalue weighted by Crippen LogP contribution is 2.15. The summed E-state index contributed by atoms with van der Waals surface area (Å²) < 4.78 is 0. The molecular formula is C12H18N4O2. The molecule has 0 saturated carbocycles. The van der Waals surface area contributed by atoms with E-state index in [0.29, 0.717) is 11.3 Å². The highest BCUT2D eigenvalue weighted by atomic mass is 16.4. The lowest BCUT2D eigenvalue weighted by Gasteiger charge is -2.20. The number of amides is 2. The van der Waals surface area contributed by atoms with Gasteiger partial charge in [-0.3, -0.25) is 4.90 Å². The third-order valence-electron chi connectivity index (χ3n) is 2.35. The van der Waals surface area contributed by atoms with E-state index in [2.05, 4.69) is 10.5 Å². The maximum Gasteiger partial charge on any atom is 0.321 e. The van der Waals surface area contributed by atoms with E-state index in [1.807, 2.05) is 13.8 Å². The van der Waals surface area contributed by atoms with Gasteiger partial charge in [-0.1, -0.05) is 17.3 Å². The van der Waals surface area contributed by atoms with Gasteiger partial charge < -0.3 is 16.3 Å². The van der Waals surface area contributed by atoms with Crippen molar-refractivity contribution in [3.05, 3.63) is 29.8 Å². The number of nitrogens with two attached hydrogens (primary N) is 1. The van der Waals surface area contributed by atoms with E-state index in [1.54, 1.807) is 31.3 Å². The van der Waals surface area contributed by atoms with Crippen molar-refractivity contribution in [1.82, 2.24) is 5.32 Å². The molecule has 6 heteroatoms. The highest BCUT2D eigenvalue weighted by molar-refractivity contribution is 5.99. The second-order valence-electron chi connectivity index (χ2n) is 4.20. The topological polar surface area (TPSA) is 91.0 Å². The monoisotopic (exact) mass is 250 g/mol. The van der Waals surface area contributed by atoms with E-state index in [4.69, 9.17) is 10.9 Å². The van der Waals surface area contributed by atoms with Crippen LogP contribution in [0.1, 0.15) is 19.4 Å². The Morgan fingerprint density at radius 1 is 1.50 bits per heavy atom. The van der Waals surface area contributed by atoms with Gasteiger partial charge in [0.05, 0.1) is 0 Å². The van der Waals surface area contributed by atoms with Crippen LogP contribution in [0.15, 0.2) is 29.4 Å². The molecule has 0 saturated heterocycles. The largest absolute Gasteiger partial charge is 0.409 e. The van der Waals surface area contributed by atoms with E-state index in [0.717, 1.165) is 0 Å². The number of oxime groups is 1. The van der Waals surface area contributed by atoms with Crippen molar-refractivity contribution in [3.63, 3.8) is 0 Å². The summed E-state index contributed by atoms with van der Waals surface area (Å²) in [7, 11) is 1.66. The van der Waals surface area contributed by atoms with Gasteiger partial charge >= 0.3 is 6.03 Å². The minimum Gasteiger partial charge on any atom is -0.409 e. The molecule has 98 valence electrons. The molecule has 0 heterocycles. The fourth-order valence-corrected chi connectivity index (χ4v) is 1.39. The first-order chi connectivity index (χ1) is 8.45. The van der Waals surface area contributed by atoms with Crippen LogP contribution < -0.4 is 16.0 Å². The Morgan fingerprint density at radius 2 is 2.17 bits per heavy atom. The lowest BCUT2D eigenvalue weighted by atomic mass is 10.2. The van der Waals surface area contributed by atoms with E-state index in [1.165, 1.54) is 4.90 Å². The maximum absolute atomic E-state index is 11.8. The minimum absolute atomic E-state index is 0.00881. The number of hydrogen-bond acceptors (Lipinski definition) is 3. The molecule has 0 unspecified atom stereocenters. The van der Waals surface area contributed by atoms with Crippen molar-refractivity contribution in [2.75, 3.05) is 11.9 Å². The Kier molecular flexibility index (Phi) is 4.53. The van der Waals surface area contributed by atoms with Gasteiger partial charge in [0.1, 0.15) is 0 Å². The van der Waals surface area contributed by atoms with Crippen LogP contribution in [-0.4, -0.2) is 30.2 Å². The van der Waals surface area contributed by atoms with E-state index >= 15 is 0 Å². The third kappa shape index (κ3) is 3.38. The molecule has 4 N–H and O–H groups in total. The zero-order valence-corrected chi connectivity index (χ0v) is 10.7. The molecular weight excluding hydrogens is 232 g/mol.